The van der Waals surface area contributed by atoms with Crippen LogP contribution in [0.1, 0.15) is 33.6 Å². The first-order chi connectivity index (χ1) is 13.4. The van der Waals surface area contributed by atoms with E-state index in [0.29, 0.717) is 24.8 Å². The van der Waals surface area contributed by atoms with Gasteiger partial charge in [-0.25, -0.2) is 4.79 Å². The van der Waals surface area contributed by atoms with Crippen LogP contribution < -0.4 is 25.6 Å². The van der Waals surface area contributed by atoms with Crippen molar-refractivity contribution in [2.75, 3.05) is 31.1 Å². The van der Waals surface area contributed by atoms with Crippen molar-refractivity contribution in [3.05, 3.63) is 24.3 Å². The highest BCUT2D eigenvalue weighted by Gasteiger charge is 2.31. The van der Waals surface area contributed by atoms with E-state index in [0.717, 1.165) is 18.5 Å². The maximum atomic E-state index is 12.3. The van der Waals surface area contributed by atoms with Crippen LogP contribution in [0.5, 0.6) is 5.75 Å². The van der Waals surface area contributed by atoms with E-state index in [1.807, 2.05) is 25.1 Å². The van der Waals surface area contributed by atoms with Crippen LogP contribution in [-0.4, -0.2) is 50.1 Å². The largest absolute Gasteiger partial charge is 0.477 e. The quantitative estimate of drug-likeness (QED) is 0.627. The first-order valence-corrected chi connectivity index (χ1v) is 9.76. The summed E-state index contributed by atoms with van der Waals surface area (Å²) in [6.45, 7) is 7.36. The van der Waals surface area contributed by atoms with Crippen molar-refractivity contribution < 1.29 is 19.1 Å². The van der Waals surface area contributed by atoms with E-state index in [-0.39, 0.29) is 19.0 Å². The fourth-order valence-electron chi connectivity index (χ4n) is 2.81. The highest BCUT2D eigenvalue weighted by molar-refractivity contribution is 5.97. The predicted octanol–water partition coefficient (Wildman–Crippen LogP) is 1.65. The van der Waals surface area contributed by atoms with Gasteiger partial charge in [0.1, 0.15) is 5.75 Å². The number of benzene rings is 1. The minimum atomic E-state index is -0.714. The molecule has 0 bridgehead atoms. The van der Waals surface area contributed by atoms with Gasteiger partial charge in [0, 0.05) is 13.1 Å². The Labute approximate surface area is 166 Å². The van der Waals surface area contributed by atoms with E-state index in [1.165, 1.54) is 0 Å². The molecule has 0 saturated carbocycles. The van der Waals surface area contributed by atoms with E-state index in [1.54, 1.807) is 11.0 Å². The Balaban J connectivity index is 1.97. The van der Waals surface area contributed by atoms with Crippen LogP contribution in [0.3, 0.4) is 0 Å². The standard InChI is InChI=1S/C20H30N4O4/c1-4-10-21-19(26)17-12-24(15-7-5-6-8-16(15)28-17)13-18(25)23-20(27)22-11-9-14(2)3/h5-8,14,17H,4,9-13H2,1-3H3,(H,21,26)(H2,22,23,25,27)/t17-/m1/s1. The van der Waals surface area contributed by atoms with Gasteiger partial charge in [-0.3, -0.25) is 14.9 Å². The molecule has 8 nitrogen and oxygen atoms in total. The van der Waals surface area contributed by atoms with Gasteiger partial charge in [-0.1, -0.05) is 32.9 Å². The third-order valence-electron chi connectivity index (χ3n) is 4.30. The fourth-order valence-corrected chi connectivity index (χ4v) is 2.81. The highest BCUT2D eigenvalue weighted by atomic mass is 16.5. The van der Waals surface area contributed by atoms with Crippen molar-refractivity contribution in [3.8, 4) is 5.75 Å². The molecule has 1 aliphatic rings. The fraction of sp³-hybridized carbons (Fsp3) is 0.550. The van der Waals surface area contributed by atoms with Gasteiger partial charge in [-0.15, -0.1) is 0 Å². The van der Waals surface area contributed by atoms with Crippen molar-refractivity contribution in [1.82, 2.24) is 16.0 Å². The number of nitrogens with zero attached hydrogens (tertiary/aromatic N) is 1. The summed E-state index contributed by atoms with van der Waals surface area (Å²) in [5.41, 5.74) is 0.720. The van der Waals surface area contributed by atoms with Gasteiger partial charge >= 0.3 is 6.03 Å². The number of anilines is 1. The normalized spacial score (nSPS) is 15.4. The summed E-state index contributed by atoms with van der Waals surface area (Å²) in [4.78, 5) is 38.3. The SMILES string of the molecule is CCCNC(=O)[C@H]1CN(CC(=O)NC(=O)NCCC(C)C)c2ccccc2O1. The average molecular weight is 390 g/mol. The number of hydrogen-bond donors (Lipinski definition) is 3. The van der Waals surface area contributed by atoms with Crippen molar-refractivity contribution in [1.29, 1.82) is 0 Å². The van der Waals surface area contributed by atoms with Crippen LogP contribution in [-0.2, 0) is 9.59 Å². The first-order valence-electron chi connectivity index (χ1n) is 9.76. The zero-order valence-electron chi connectivity index (χ0n) is 16.8. The summed E-state index contributed by atoms with van der Waals surface area (Å²) in [6.07, 6.45) is 0.953. The molecule has 2 rings (SSSR count). The zero-order valence-corrected chi connectivity index (χ0v) is 16.8. The van der Waals surface area contributed by atoms with Crippen LogP contribution in [0.2, 0.25) is 0 Å². The predicted molar refractivity (Wildman–Crippen MR) is 107 cm³/mol. The van der Waals surface area contributed by atoms with Gasteiger partial charge in [0.25, 0.3) is 5.91 Å². The Morgan fingerprint density at radius 1 is 1.18 bits per heavy atom. The number of carbonyl (C=O) groups excluding carboxylic acids is 3. The molecule has 8 heteroatoms. The minimum absolute atomic E-state index is 0.0461. The topological polar surface area (TPSA) is 99.8 Å². The van der Waals surface area contributed by atoms with Crippen LogP contribution in [0.25, 0.3) is 0 Å². The summed E-state index contributed by atoms with van der Waals surface area (Å²) >= 11 is 0. The van der Waals surface area contributed by atoms with Gasteiger partial charge in [0.05, 0.1) is 18.8 Å². The second kappa shape index (κ2) is 10.5. The summed E-state index contributed by atoms with van der Waals surface area (Å²) in [5.74, 6) is 0.357. The van der Waals surface area contributed by atoms with E-state index in [2.05, 4.69) is 29.8 Å². The Morgan fingerprint density at radius 3 is 2.64 bits per heavy atom. The molecule has 1 aromatic rings. The Hall–Kier alpha value is -2.77. The van der Waals surface area contributed by atoms with Crippen LogP contribution in [0.4, 0.5) is 10.5 Å². The number of urea groups is 1. The van der Waals surface area contributed by atoms with Gasteiger partial charge in [0.15, 0.2) is 6.10 Å². The summed E-state index contributed by atoms with van der Waals surface area (Å²) in [6, 6.07) is 6.72. The minimum Gasteiger partial charge on any atom is -0.477 e. The molecule has 1 aromatic carbocycles. The summed E-state index contributed by atoms with van der Waals surface area (Å²) < 4.78 is 5.79. The molecule has 0 unspecified atom stereocenters. The van der Waals surface area contributed by atoms with Gasteiger partial charge in [-0.2, -0.15) is 0 Å². The summed E-state index contributed by atoms with van der Waals surface area (Å²) in [5, 5.41) is 7.83. The molecule has 154 valence electrons. The van der Waals surface area contributed by atoms with Crippen molar-refractivity contribution in [2.24, 2.45) is 5.92 Å². The molecule has 0 saturated heterocycles. The van der Waals surface area contributed by atoms with Crippen LogP contribution in [0.15, 0.2) is 24.3 Å². The number of amides is 4. The second-order valence-electron chi connectivity index (χ2n) is 7.23. The number of fused-ring (bicyclic) bond motifs is 1. The molecule has 1 aliphatic heterocycles. The Morgan fingerprint density at radius 2 is 1.93 bits per heavy atom. The smallest absolute Gasteiger partial charge is 0.321 e. The third kappa shape index (κ3) is 6.44. The number of carbonyl (C=O) groups is 3. The van der Waals surface area contributed by atoms with Crippen molar-refractivity contribution >= 4 is 23.5 Å². The number of rotatable bonds is 8. The lowest BCUT2D eigenvalue weighted by molar-refractivity contribution is -0.128. The molecule has 4 amide bonds. The molecular weight excluding hydrogens is 360 g/mol. The molecule has 1 atom stereocenters. The van der Waals surface area contributed by atoms with E-state index >= 15 is 0 Å². The van der Waals surface area contributed by atoms with Gasteiger partial charge in [-0.05, 0) is 30.9 Å². The lowest BCUT2D eigenvalue weighted by Gasteiger charge is -2.35. The molecule has 3 N–H and O–H groups in total. The van der Waals surface area contributed by atoms with Crippen LogP contribution in [0, 0.1) is 5.92 Å². The Bertz CT molecular complexity index is 693. The molecule has 28 heavy (non-hydrogen) atoms. The van der Waals surface area contributed by atoms with E-state index < -0.39 is 18.0 Å². The maximum absolute atomic E-state index is 12.3. The number of ether oxygens (including phenoxy) is 1. The number of hydrogen-bond acceptors (Lipinski definition) is 5. The molecule has 0 aliphatic carbocycles. The van der Waals surface area contributed by atoms with Crippen molar-refractivity contribution in [3.63, 3.8) is 0 Å². The maximum Gasteiger partial charge on any atom is 0.321 e. The lowest BCUT2D eigenvalue weighted by Crippen LogP contribution is -2.52. The molecule has 0 aromatic heterocycles. The van der Waals surface area contributed by atoms with Crippen molar-refractivity contribution in [2.45, 2.75) is 39.7 Å². The second-order valence-corrected chi connectivity index (χ2v) is 7.23. The lowest BCUT2D eigenvalue weighted by atomic mass is 10.1. The number of para-hydroxylation sites is 2. The molecule has 0 radical (unpaired) electrons. The number of nitrogens with one attached hydrogen (secondary N) is 3. The molecule has 0 fully saturated rings. The van der Waals surface area contributed by atoms with E-state index in [9.17, 15) is 14.4 Å². The van der Waals surface area contributed by atoms with Gasteiger partial charge in [0.2, 0.25) is 5.91 Å². The average Bonchev–Trinajstić information content (AvgIpc) is 2.65. The first kappa shape index (κ1) is 21.5. The summed E-state index contributed by atoms with van der Waals surface area (Å²) in [7, 11) is 0. The Kier molecular flexibility index (Phi) is 8.10. The van der Waals surface area contributed by atoms with E-state index in [4.69, 9.17) is 4.74 Å². The molecule has 0 spiro atoms. The molecule has 1 heterocycles. The number of imide groups is 1. The molecular formula is C20H30N4O4. The monoisotopic (exact) mass is 390 g/mol. The third-order valence-corrected chi connectivity index (χ3v) is 4.30. The highest BCUT2D eigenvalue weighted by Crippen LogP contribution is 2.32. The van der Waals surface area contributed by atoms with Gasteiger partial charge < -0.3 is 20.3 Å². The van der Waals surface area contributed by atoms with Crippen LogP contribution >= 0.6 is 0 Å². The zero-order chi connectivity index (χ0) is 20.5.